The Balaban J connectivity index is 1.45. The number of hydrogen-bond donors (Lipinski definition) is 3. The van der Waals surface area contributed by atoms with Gasteiger partial charge in [-0.2, -0.15) is 13.2 Å². The molecule has 0 aliphatic carbocycles. The molecule has 0 radical (unpaired) electrons. The number of nitrogens with zero attached hydrogens (tertiary/aromatic N) is 1. The Bertz CT molecular complexity index is 873. The molecule has 3 unspecified atom stereocenters. The number of alkyl halides is 3. The van der Waals surface area contributed by atoms with Gasteiger partial charge in [0.05, 0.1) is 0 Å². The summed E-state index contributed by atoms with van der Waals surface area (Å²) in [5.74, 6) is -1.10. The second kappa shape index (κ2) is 7.99. The number of fused-ring (bicyclic) bond motifs is 1. The number of nitrogens with one attached hydrogen (secondary N) is 3. The standard InChI is InChI=1S/C20H23F3N4O3/c21-20(22,23)15-8-13(6-7-24-15)25-9-11-2-1-3-12-10-27(19(30)17(11)12)14-4-5-16(28)26-18(14)29/h1-3,13-15,24-25H,4-10H2,(H,26,28,29). The first kappa shape index (κ1) is 20.8. The maximum absolute atomic E-state index is 13.1. The zero-order chi connectivity index (χ0) is 21.5. The molecule has 0 saturated carbocycles. The smallest absolute Gasteiger partial charge is 0.322 e. The molecule has 0 aromatic heterocycles. The van der Waals surface area contributed by atoms with Gasteiger partial charge in [0.25, 0.3) is 5.91 Å². The first-order valence-electron chi connectivity index (χ1n) is 10.0. The summed E-state index contributed by atoms with van der Waals surface area (Å²) in [5.41, 5.74) is 1.98. The van der Waals surface area contributed by atoms with Crippen LogP contribution < -0.4 is 16.0 Å². The van der Waals surface area contributed by atoms with Crippen LogP contribution in [0.4, 0.5) is 13.2 Å². The average Bonchev–Trinajstić information content (AvgIpc) is 3.03. The van der Waals surface area contributed by atoms with Crippen molar-refractivity contribution in [3.63, 3.8) is 0 Å². The molecule has 1 aromatic carbocycles. The summed E-state index contributed by atoms with van der Waals surface area (Å²) in [4.78, 5) is 38.1. The zero-order valence-corrected chi connectivity index (χ0v) is 16.2. The number of amides is 3. The SMILES string of the molecule is O=C1CCC(N2Cc3cccc(CNC4CCNC(C(F)(F)F)C4)c3C2=O)C(=O)N1. The quantitative estimate of drug-likeness (QED) is 0.633. The zero-order valence-electron chi connectivity index (χ0n) is 16.2. The Kier molecular flexibility index (Phi) is 5.54. The van der Waals surface area contributed by atoms with Crippen molar-refractivity contribution in [2.75, 3.05) is 6.54 Å². The summed E-state index contributed by atoms with van der Waals surface area (Å²) >= 11 is 0. The van der Waals surface area contributed by atoms with Crippen LogP contribution in [0.25, 0.3) is 0 Å². The highest BCUT2D eigenvalue weighted by Gasteiger charge is 2.43. The van der Waals surface area contributed by atoms with E-state index in [0.29, 0.717) is 17.5 Å². The molecule has 162 valence electrons. The molecule has 3 N–H and O–H groups in total. The van der Waals surface area contributed by atoms with Gasteiger partial charge in [0.2, 0.25) is 11.8 Å². The second-order valence-corrected chi connectivity index (χ2v) is 8.00. The van der Waals surface area contributed by atoms with E-state index in [2.05, 4.69) is 16.0 Å². The molecule has 4 rings (SSSR count). The van der Waals surface area contributed by atoms with Gasteiger partial charge in [-0.25, -0.2) is 0 Å². The van der Waals surface area contributed by atoms with Crippen molar-refractivity contribution in [1.29, 1.82) is 0 Å². The van der Waals surface area contributed by atoms with Crippen molar-refractivity contribution in [1.82, 2.24) is 20.9 Å². The molecule has 3 aliphatic heterocycles. The summed E-state index contributed by atoms with van der Waals surface area (Å²) in [6, 6.07) is 2.86. The van der Waals surface area contributed by atoms with Crippen molar-refractivity contribution in [3.05, 3.63) is 34.9 Å². The molecule has 3 aliphatic rings. The fourth-order valence-electron chi connectivity index (χ4n) is 4.44. The van der Waals surface area contributed by atoms with Crippen molar-refractivity contribution in [2.24, 2.45) is 0 Å². The van der Waals surface area contributed by atoms with Crippen LogP contribution in [0.5, 0.6) is 0 Å². The van der Waals surface area contributed by atoms with E-state index in [-0.39, 0.29) is 56.8 Å². The minimum atomic E-state index is -4.28. The highest BCUT2D eigenvalue weighted by atomic mass is 19.4. The molecule has 2 saturated heterocycles. The van der Waals surface area contributed by atoms with Crippen molar-refractivity contribution >= 4 is 17.7 Å². The number of hydrogen-bond acceptors (Lipinski definition) is 5. The summed E-state index contributed by atoms with van der Waals surface area (Å²) in [6.45, 7) is 0.822. The van der Waals surface area contributed by atoms with Crippen LogP contribution in [-0.4, -0.2) is 53.5 Å². The van der Waals surface area contributed by atoms with Crippen molar-refractivity contribution in [2.45, 2.75) is 63.1 Å². The molecule has 3 heterocycles. The van der Waals surface area contributed by atoms with Crippen LogP contribution in [0.2, 0.25) is 0 Å². The van der Waals surface area contributed by atoms with E-state index in [1.165, 1.54) is 4.90 Å². The van der Waals surface area contributed by atoms with Gasteiger partial charge in [0, 0.05) is 31.1 Å². The number of carbonyl (C=O) groups is 3. The molecular formula is C20H23F3N4O3. The normalized spacial score (nSPS) is 27.2. The van der Waals surface area contributed by atoms with Crippen LogP contribution >= 0.6 is 0 Å². The lowest BCUT2D eigenvalue weighted by Gasteiger charge is -2.32. The molecule has 3 atom stereocenters. The molecule has 3 amide bonds. The Labute approximate surface area is 171 Å². The van der Waals surface area contributed by atoms with E-state index in [1.807, 2.05) is 6.07 Å². The average molecular weight is 424 g/mol. The van der Waals surface area contributed by atoms with Gasteiger partial charge in [0.1, 0.15) is 12.1 Å². The third kappa shape index (κ3) is 4.06. The third-order valence-electron chi connectivity index (χ3n) is 6.02. The minimum Gasteiger partial charge on any atom is -0.322 e. The molecular weight excluding hydrogens is 401 g/mol. The fraction of sp³-hybridized carbons (Fsp3) is 0.550. The predicted molar refractivity (Wildman–Crippen MR) is 100 cm³/mol. The van der Waals surface area contributed by atoms with E-state index >= 15 is 0 Å². The molecule has 7 nitrogen and oxygen atoms in total. The molecule has 30 heavy (non-hydrogen) atoms. The van der Waals surface area contributed by atoms with Gasteiger partial charge in [0.15, 0.2) is 0 Å². The lowest BCUT2D eigenvalue weighted by molar-refractivity contribution is -0.161. The van der Waals surface area contributed by atoms with Gasteiger partial charge in [-0.05, 0) is 36.9 Å². The molecule has 0 spiro atoms. The van der Waals surface area contributed by atoms with Gasteiger partial charge in [-0.15, -0.1) is 0 Å². The lowest BCUT2D eigenvalue weighted by atomic mass is 9.97. The number of piperidine rings is 2. The summed E-state index contributed by atoms with van der Waals surface area (Å²) in [6.07, 6.45) is -3.31. The monoisotopic (exact) mass is 424 g/mol. The molecule has 0 bridgehead atoms. The lowest BCUT2D eigenvalue weighted by Crippen LogP contribution is -2.52. The second-order valence-electron chi connectivity index (χ2n) is 8.00. The Morgan fingerprint density at radius 3 is 2.70 bits per heavy atom. The van der Waals surface area contributed by atoms with Crippen molar-refractivity contribution < 1.29 is 27.6 Å². The van der Waals surface area contributed by atoms with Gasteiger partial charge in [-0.1, -0.05) is 18.2 Å². The Morgan fingerprint density at radius 1 is 1.17 bits per heavy atom. The van der Waals surface area contributed by atoms with Crippen LogP contribution in [0.1, 0.15) is 47.2 Å². The minimum absolute atomic E-state index is 0.0606. The third-order valence-corrected chi connectivity index (χ3v) is 6.02. The summed E-state index contributed by atoms with van der Waals surface area (Å²) in [7, 11) is 0. The van der Waals surface area contributed by atoms with Crippen LogP contribution in [-0.2, 0) is 22.7 Å². The number of benzene rings is 1. The van der Waals surface area contributed by atoms with Crippen molar-refractivity contribution in [3.8, 4) is 0 Å². The van der Waals surface area contributed by atoms with E-state index in [0.717, 1.165) is 5.56 Å². The first-order valence-corrected chi connectivity index (χ1v) is 10.0. The molecule has 1 aromatic rings. The van der Waals surface area contributed by atoms with Crippen LogP contribution in [0.3, 0.4) is 0 Å². The van der Waals surface area contributed by atoms with E-state index < -0.39 is 24.2 Å². The van der Waals surface area contributed by atoms with E-state index in [4.69, 9.17) is 0 Å². The topological polar surface area (TPSA) is 90.5 Å². The number of rotatable bonds is 4. The summed E-state index contributed by atoms with van der Waals surface area (Å²) in [5, 5.41) is 7.93. The van der Waals surface area contributed by atoms with E-state index in [1.54, 1.807) is 12.1 Å². The van der Waals surface area contributed by atoms with Crippen LogP contribution in [0, 0.1) is 0 Å². The maximum Gasteiger partial charge on any atom is 0.403 e. The number of halogens is 3. The largest absolute Gasteiger partial charge is 0.403 e. The summed E-state index contributed by atoms with van der Waals surface area (Å²) < 4.78 is 39.0. The van der Waals surface area contributed by atoms with Gasteiger partial charge >= 0.3 is 6.18 Å². The maximum atomic E-state index is 13.1. The highest BCUT2D eigenvalue weighted by molar-refractivity contribution is 6.05. The van der Waals surface area contributed by atoms with Gasteiger partial charge in [-0.3, -0.25) is 19.7 Å². The Hall–Kier alpha value is -2.46. The Morgan fingerprint density at radius 2 is 1.97 bits per heavy atom. The van der Waals surface area contributed by atoms with E-state index in [9.17, 15) is 27.6 Å². The molecule has 10 heteroatoms. The predicted octanol–water partition coefficient (Wildman–Crippen LogP) is 1.22. The fourth-order valence-corrected chi connectivity index (χ4v) is 4.44. The first-order chi connectivity index (χ1) is 14.2. The highest BCUT2D eigenvalue weighted by Crippen LogP contribution is 2.30. The molecule has 2 fully saturated rings. The number of carbonyl (C=O) groups excluding carboxylic acids is 3. The van der Waals surface area contributed by atoms with Gasteiger partial charge < -0.3 is 15.5 Å². The number of imide groups is 1. The van der Waals surface area contributed by atoms with Crippen LogP contribution in [0.15, 0.2) is 18.2 Å².